The van der Waals surface area contributed by atoms with Crippen LogP contribution < -0.4 is 5.32 Å². The van der Waals surface area contributed by atoms with E-state index >= 15 is 0 Å². The number of aryl methyl sites for hydroxylation is 1. The largest absolute Gasteiger partial charge is 0.394 e. The fourth-order valence-electron chi connectivity index (χ4n) is 1.91. The molecule has 1 amide bonds. The maximum absolute atomic E-state index is 12.1. The molecule has 0 unspecified atom stereocenters. The van der Waals surface area contributed by atoms with Gasteiger partial charge in [-0.3, -0.25) is 4.79 Å². The van der Waals surface area contributed by atoms with Gasteiger partial charge in [-0.2, -0.15) is 0 Å². The van der Waals surface area contributed by atoms with Gasteiger partial charge in [-0.25, -0.2) is 0 Å². The Labute approximate surface area is 99.7 Å². The molecule has 0 bridgehead atoms. The molecule has 2 aromatic rings. The summed E-state index contributed by atoms with van der Waals surface area (Å²) in [6.45, 7) is 3.58. The van der Waals surface area contributed by atoms with Gasteiger partial charge in [-0.05, 0) is 19.9 Å². The summed E-state index contributed by atoms with van der Waals surface area (Å²) in [4.78, 5) is 15.2. The molecule has 17 heavy (non-hydrogen) atoms. The summed E-state index contributed by atoms with van der Waals surface area (Å²) in [5, 5.41) is 12.6. The number of carbonyl (C=O) groups is 1. The van der Waals surface area contributed by atoms with Gasteiger partial charge in [-0.1, -0.05) is 18.2 Å². The van der Waals surface area contributed by atoms with E-state index in [4.69, 9.17) is 5.11 Å². The zero-order chi connectivity index (χ0) is 12.4. The summed E-state index contributed by atoms with van der Waals surface area (Å²) in [5.41, 5.74) is 2.45. The highest BCUT2D eigenvalue weighted by Crippen LogP contribution is 2.21. The normalized spacial score (nSPS) is 12.6. The van der Waals surface area contributed by atoms with Crippen LogP contribution >= 0.6 is 0 Å². The van der Waals surface area contributed by atoms with Crippen LogP contribution in [0.3, 0.4) is 0 Å². The van der Waals surface area contributed by atoms with Crippen molar-refractivity contribution in [2.24, 2.45) is 0 Å². The summed E-state index contributed by atoms with van der Waals surface area (Å²) < 4.78 is 0. The average molecular weight is 232 g/mol. The molecule has 0 aliphatic carbocycles. The molecule has 0 aliphatic heterocycles. The molecule has 0 saturated carbocycles. The Morgan fingerprint density at radius 2 is 2.18 bits per heavy atom. The van der Waals surface area contributed by atoms with E-state index in [1.165, 1.54) is 0 Å². The zero-order valence-electron chi connectivity index (χ0n) is 9.95. The lowest BCUT2D eigenvalue weighted by atomic mass is 10.1. The SMILES string of the molecule is Cc1[nH]c2ccccc2c1C(=O)N[C@@H](C)CO. The van der Waals surface area contributed by atoms with E-state index in [-0.39, 0.29) is 18.6 Å². The molecular formula is C13H16N2O2. The number of hydrogen-bond acceptors (Lipinski definition) is 2. The first kappa shape index (κ1) is 11.7. The van der Waals surface area contributed by atoms with Crippen LogP contribution in [0.4, 0.5) is 0 Å². The minimum atomic E-state index is -0.240. The second-order valence-corrected chi connectivity index (χ2v) is 4.23. The van der Waals surface area contributed by atoms with Crippen LogP contribution in [0.2, 0.25) is 0 Å². The van der Waals surface area contributed by atoms with Crippen LogP contribution in [-0.4, -0.2) is 28.6 Å². The number of hydrogen-bond donors (Lipinski definition) is 3. The van der Waals surface area contributed by atoms with E-state index in [0.29, 0.717) is 5.56 Å². The van der Waals surface area contributed by atoms with Crippen LogP contribution in [0.25, 0.3) is 10.9 Å². The number of fused-ring (bicyclic) bond motifs is 1. The Kier molecular flexibility index (Phi) is 3.15. The van der Waals surface area contributed by atoms with Crippen LogP contribution in [0.5, 0.6) is 0 Å². The lowest BCUT2D eigenvalue weighted by Crippen LogP contribution is -2.35. The second kappa shape index (κ2) is 4.59. The van der Waals surface area contributed by atoms with E-state index in [0.717, 1.165) is 16.6 Å². The summed E-state index contributed by atoms with van der Waals surface area (Å²) in [6.07, 6.45) is 0. The lowest BCUT2D eigenvalue weighted by Gasteiger charge is -2.10. The summed E-state index contributed by atoms with van der Waals surface area (Å²) in [5.74, 6) is -0.151. The van der Waals surface area contributed by atoms with Gasteiger partial charge in [-0.15, -0.1) is 0 Å². The van der Waals surface area contributed by atoms with Gasteiger partial charge in [0.05, 0.1) is 12.2 Å². The smallest absolute Gasteiger partial charge is 0.254 e. The van der Waals surface area contributed by atoms with Crippen molar-refractivity contribution in [2.75, 3.05) is 6.61 Å². The number of benzene rings is 1. The molecule has 0 spiro atoms. The van der Waals surface area contributed by atoms with Crippen LogP contribution in [0.1, 0.15) is 23.0 Å². The highest BCUT2D eigenvalue weighted by Gasteiger charge is 2.16. The van der Waals surface area contributed by atoms with Gasteiger partial charge in [0.15, 0.2) is 0 Å². The number of aliphatic hydroxyl groups excluding tert-OH is 1. The van der Waals surface area contributed by atoms with E-state index in [9.17, 15) is 4.79 Å². The minimum absolute atomic E-state index is 0.0624. The number of aromatic nitrogens is 1. The molecule has 1 aromatic carbocycles. The highest BCUT2D eigenvalue weighted by atomic mass is 16.3. The summed E-state index contributed by atoms with van der Waals surface area (Å²) >= 11 is 0. The third-order valence-electron chi connectivity index (χ3n) is 2.77. The quantitative estimate of drug-likeness (QED) is 0.752. The topological polar surface area (TPSA) is 65.1 Å². The van der Waals surface area contributed by atoms with Gasteiger partial charge in [0, 0.05) is 22.6 Å². The molecule has 0 fully saturated rings. The number of aromatic amines is 1. The maximum atomic E-state index is 12.1. The molecule has 4 nitrogen and oxygen atoms in total. The number of H-pyrrole nitrogens is 1. The average Bonchev–Trinajstić information content (AvgIpc) is 2.64. The molecule has 0 aliphatic rings. The summed E-state index contributed by atoms with van der Waals surface area (Å²) in [6, 6.07) is 7.44. The first-order valence-corrected chi connectivity index (χ1v) is 5.62. The van der Waals surface area contributed by atoms with Crippen molar-refractivity contribution < 1.29 is 9.90 Å². The highest BCUT2D eigenvalue weighted by molar-refractivity contribution is 6.08. The Morgan fingerprint density at radius 3 is 2.88 bits per heavy atom. The van der Waals surface area contributed by atoms with Crippen LogP contribution in [0.15, 0.2) is 24.3 Å². The number of aliphatic hydroxyl groups is 1. The lowest BCUT2D eigenvalue weighted by molar-refractivity contribution is 0.0923. The third kappa shape index (κ3) is 2.17. The molecule has 2 rings (SSSR count). The van der Waals surface area contributed by atoms with Gasteiger partial charge in [0.2, 0.25) is 0 Å². The van der Waals surface area contributed by atoms with Gasteiger partial charge in [0.1, 0.15) is 0 Å². The molecule has 90 valence electrons. The van der Waals surface area contributed by atoms with Gasteiger partial charge >= 0.3 is 0 Å². The first-order valence-electron chi connectivity index (χ1n) is 5.62. The van der Waals surface area contributed by atoms with Gasteiger partial charge < -0.3 is 15.4 Å². The van der Waals surface area contributed by atoms with Crippen molar-refractivity contribution in [3.63, 3.8) is 0 Å². The van der Waals surface area contributed by atoms with Crippen molar-refractivity contribution in [3.8, 4) is 0 Å². The molecule has 4 heteroatoms. The Hall–Kier alpha value is -1.81. The fourth-order valence-corrected chi connectivity index (χ4v) is 1.91. The standard InChI is InChI=1S/C13H16N2O2/c1-8(7-16)14-13(17)12-9(2)15-11-6-4-3-5-10(11)12/h3-6,8,15-16H,7H2,1-2H3,(H,14,17)/t8-/m0/s1. The Balaban J connectivity index is 2.41. The van der Waals surface area contributed by atoms with Crippen molar-refractivity contribution in [1.29, 1.82) is 0 Å². The van der Waals surface area contributed by atoms with Crippen LogP contribution in [-0.2, 0) is 0 Å². The number of carbonyl (C=O) groups excluding carboxylic acids is 1. The number of amides is 1. The fraction of sp³-hybridized carbons (Fsp3) is 0.308. The van der Waals surface area contributed by atoms with E-state index < -0.39 is 0 Å². The van der Waals surface area contributed by atoms with Crippen molar-refractivity contribution in [1.82, 2.24) is 10.3 Å². The van der Waals surface area contributed by atoms with E-state index in [1.807, 2.05) is 31.2 Å². The third-order valence-corrected chi connectivity index (χ3v) is 2.77. The molecular weight excluding hydrogens is 216 g/mol. The van der Waals surface area contributed by atoms with Crippen molar-refractivity contribution in [3.05, 3.63) is 35.5 Å². The molecule has 1 aromatic heterocycles. The van der Waals surface area contributed by atoms with E-state index in [1.54, 1.807) is 6.92 Å². The number of nitrogens with one attached hydrogen (secondary N) is 2. The first-order chi connectivity index (χ1) is 8.13. The second-order valence-electron chi connectivity index (χ2n) is 4.23. The molecule has 3 N–H and O–H groups in total. The minimum Gasteiger partial charge on any atom is -0.394 e. The Bertz CT molecular complexity index is 545. The predicted octanol–water partition coefficient (Wildman–Crippen LogP) is 1.59. The molecule has 0 saturated heterocycles. The van der Waals surface area contributed by atoms with E-state index in [2.05, 4.69) is 10.3 Å². The Morgan fingerprint density at radius 1 is 1.47 bits per heavy atom. The van der Waals surface area contributed by atoms with Gasteiger partial charge in [0.25, 0.3) is 5.91 Å². The molecule has 1 atom stereocenters. The monoisotopic (exact) mass is 232 g/mol. The summed E-state index contributed by atoms with van der Waals surface area (Å²) in [7, 11) is 0. The number of rotatable bonds is 3. The predicted molar refractivity (Wildman–Crippen MR) is 67.0 cm³/mol. The maximum Gasteiger partial charge on any atom is 0.254 e. The van der Waals surface area contributed by atoms with Crippen LogP contribution in [0, 0.1) is 6.92 Å². The molecule has 1 heterocycles. The zero-order valence-corrected chi connectivity index (χ0v) is 9.95. The number of para-hydroxylation sites is 1. The van der Waals surface area contributed by atoms with Crippen molar-refractivity contribution in [2.45, 2.75) is 19.9 Å². The van der Waals surface area contributed by atoms with Crippen molar-refractivity contribution >= 4 is 16.8 Å². The molecule has 0 radical (unpaired) electrons.